The highest BCUT2D eigenvalue weighted by atomic mass is 79.9. The Bertz CT molecular complexity index is 743. The smallest absolute Gasteiger partial charge is 0.161 e. The van der Waals surface area contributed by atoms with Crippen LogP contribution in [-0.4, -0.2) is 11.7 Å². The molecule has 0 atom stereocenters. The SMILES string of the molecule is CCOc1cc(/C=C(/C#N)c2ccc(C)cc2)c(Br)cc1O. The van der Waals surface area contributed by atoms with E-state index in [1.54, 1.807) is 18.2 Å². The van der Waals surface area contributed by atoms with Crippen LogP contribution >= 0.6 is 15.9 Å². The number of phenolic OH excluding ortho intramolecular Hbond substituents is 1. The van der Waals surface area contributed by atoms with Crippen molar-refractivity contribution in [2.24, 2.45) is 0 Å². The predicted molar refractivity (Wildman–Crippen MR) is 91.6 cm³/mol. The first-order valence-electron chi connectivity index (χ1n) is 6.89. The van der Waals surface area contributed by atoms with E-state index in [4.69, 9.17) is 4.74 Å². The fraction of sp³-hybridized carbons (Fsp3) is 0.167. The summed E-state index contributed by atoms with van der Waals surface area (Å²) in [5.41, 5.74) is 3.32. The number of phenols is 1. The summed E-state index contributed by atoms with van der Waals surface area (Å²) in [6.07, 6.45) is 1.77. The first-order valence-corrected chi connectivity index (χ1v) is 7.68. The second kappa shape index (κ2) is 7.15. The van der Waals surface area contributed by atoms with Gasteiger partial charge in [-0.3, -0.25) is 0 Å². The van der Waals surface area contributed by atoms with Gasteiger partial charge in [0.05, 0.1) is 18.2 Å². The molecule has 2 aromatic carbocycles. The molecular weight excluding hydrogens is 342 g/mol. The van der Waals surface area contributed by atoms with Crippen molar-refractivity contribution in [3.05, 3.63) is 57.6 Å². The van der Waals surface area contributed by atoms with E-state index in [1.807, 2.05) is 38.1 Å². The van der Waals surface area contributed by atoms with Crippen molar-refractivity contribution in [1.82, 2.24) is 0 Å². The van der Waals surface area contributed by atoms with Gasteiger partial charge in [0.15, 0.2) is 11.5 Å². The van der Waals surface area contributed by atoms with E-state index >= 15 is 0 Å². The summed E-state index contributed by atoms with van der Waals surface area (Å²) in [4.78, 5) is 0. The van der Waals surface area contributed by atoms with Crippen molar-refractivity contribution in [2.45, 2.75) is 13.8 Å². The summed E-state index contributed by atoms with van der Waals surface area (Å²) in [5.74, 6) is 0.470. The number of benzene rings is 2. The predicted octanol–water partition coefficient (Wildman–Crippen LogP) is 4.93. The van der Waals surface area contributed by atoms with Crippen LogP contribution in [0.25, 0.3) is 11.6 Å². The zero-order chi connectivity index (χ0) is 16.1. The number of aryl methyl sites for hydroxylation is 1. The molecule has 22 heavy (non-hydrogen) atoms. The van der Waals surface area contributed by atoms with Crippen molar-refractivity contribution in [1.29, 1.82) is 5.26 Å². The van der Waals surface area contributed by atoms with Crippen LogP contribution in [0.4, 0.5) is 0 Å². The molecule has 0 heterocycles. The Labute approximate surface area is 138 Å². The van der Waals surface area contributed by atoms with E-state index in [1.165, 1.54) is 0 Å². The number of nitriles is 1. The van der Waals surface area contributed by atoms with Gasteiger partial charge in [0.1, 0.15) is 0 Å². The lowest BCUT2D eigenvalue weighted by molar-refractivity contribution is 0.318. The largest absolute Gasteiger partial charge is 0.504 e. The van der Waals surface area contributed by atoms with Gasteiger partial charge in [-0.2, -0.15) is 5.26 Å². The van der Waals surface area contributed by atoms with Crippen LogP contribution in [0.2, 0.25) is 0 Å². The Morgan fingerprint density at radius 2 is 2.00 bits per heavy atom. The number of nitrogens with zero attached hydrogens (tertiary/aromatic N) is 1. The van der Waals surface area contributed by atoms with Gasteiger partial charge in [0.25, 0.3) is 0 Å². The van der Waals surface area contributed by atoms with Crippen LogP contribution in [0.3, 0.4) is 0 Å². The van der Waals surface area contributed by atoms with Crippen LogP contribution in [-0.2, 0) is 0 Å². The van der Waals surface area contributed by atoms with Gasteiger partial charge in [-0.15, -0.1) is 0 Å². The van der Waals surface area contributed by atoms with Gasteiger partial charge in [0.2, 0.25) is 0 Å². The number of rotatable bonds is 4. The zero-order valence-corrected chi connectivity index (χ0v) is 14.0. The molecule has 0 saturated carbocycles. The minimum atomic E-state index is 0.0692. The average molecular weight is 358 g/mol. The van der Waals surface area contributed by atoms with E-state index in [0.717, 1.165) is 16.7 Å². The van der Waals surface area contributed by atoms with E-state index in [9.17, 15) is 10.4 Å². The summed E-state index contributed by atoms with van der Waals surface area (Å²) < 4.78 is 6.09. The van der Waals surface area contributed by atoms with Crippen LogP contribution in [0.15, 0.2) is 40.9 Å². The van der Waals surface area contributed by atoms with Crippen molar-refractivity contribution in [2.75, 3.05) is 6.61 Å². The highest BCUT2D eigenvalue weighted by molar-refractivity contribution is 9.10. The number of hydrogen-bond donors (Lipinski definition) is 1. The molecule has 0 aliphatic rings. The number of aromatic hydroxyl groups is 1. The average Bonchev–Trinajstić information content (AvgIpc) is 2.50. The van der Waals surface area contributed by atoms with E-state index in [2.05, 4.69) is 22.0 Å². The zero-order valence-electron chi connectivity index (χ0n) is 12.4. The highest BCUT2D eigenvalue weighted by Crippen LogP contribution is 2.34. The van der Waals surface area contributed by atoms with Gasteiger partial charge < -0.3 is 9.84 Å². The lowest BCUT2D eigenvalue weighted by Crippen LogP contribution is -1.93. The monoisotopic (exact) mass is 357 g/mol. The minimum Gasteiger partial charge on any atom is -0.504 e. The molecule has 0 saturated heterocycles. The van der Waals surface area contributed by atoms with Gasteiger partial charge in [-0.1, -0.05) is 45.8 Å². The third-order valence-electron chi connectivity index (χ3n) is 3.16. The van der Waals surface area contributed by atoms with Gasteiger partial charge in [0, 0.05) is 4.47 Å². The first-order chi connectivity index (χ1) is 10.5. The Balaban J connectivity index is 2.47. The molecule has 0 aliphatic heterocycles. The second-order valence-electron chi connectivity index (χ2n) is 4.81. The fourth-order valence-corrected chi connectivity index (χ4v) is 2.45. The molecule has 1 N–H and O–H groups in total. The van der Waals surface area contributed by atoms with Gasteiger partial charge >= 0.3 is 0 Å². The molecule has 112 valence electrons. The molecule has 0 aliphatic carbocycles. The van der Waals surface area contributed by atoms with Gasteiger partial charge in [-0.25, -0.2) is 0 Å². The van der Waals surface area contributed by atoms with Crippen molar-refractivity contribution >= 4 is 27.6 Å². The lowest BCUT2D eigenvalue weighted by atomic mass is 10.0. The van der Waals surface area contributed by atoms with Gasteiger partial charge in [-0.05, 0) is 43.2 Å². The second-order valence-corrected chi connectivity index (χ2v) is 5.66. The molecular formula is C18H16BrNO2. The van der Waals surface area contributed by atoms with Crippen molar-refractivity contribution in [3.63, 3.8) is 0 Å². The maximum atomic E-state index is 9.85. The molecule has 0 aromatic heterocycles. The fourth-order valence-electron chi connectivity index (χ4n) is 2.01. The quantitative estimate of drug-likeness (QED) is 0.623. The molecule has 2 aromatic rings. The Hall–Kier alpha value is -2.25. The molecule has 4 heteroatoms. The standard InChI is InChI=1S/C18H16BrNO2/c1-3-22-18-9-14(16(19)10-17(18)21)8-15(11-20)13-6-4-12(2)5-7-13/h4-10,21H,3H2,1-2H3/b15-8-. The molecule has 0 unspecified atom stereocenters. The summed E-state index contributed by atoms with van der Waals surface area (Å²) in [6.45, 7) is 4.32. The third kappa shape index (κ3) is 3.69. The summed E-state index contributed by atoms with van der Waals surface area (Å²) >= 11 is 3.40. The van der Waals surface area contributed by atoms with Crippen LogP contribution in [0.5, 0.6) is 11.5 Å². The molecule has 0 bridgehead atoms. The van der Waals surface area contributed by atoms with E-state index in [-0.39, 0.29) is 5.75 Å². The number of hydrogen-bond acceptors (Lipinski definition) is 3. The molecule has 0 radical (unpaired) electrons. The maximum absolute atomic E-state index is 9.85. The van der Waals surface area contributed by atoms with Crippen molar-refractivity contribution < 1.29 is 9.84 Å². The maximum Gasteiger partial charge on any atom is 0.161 e. The molecule has 3 nitrogen and oxygen atoms in total. The van der Waals surface area contributed by atoms with Crippen molar-refractivity contribution in [3.8, 4) is 17.6 Å². The Morgan fingerprint density at radius 3 is 2.59 bits per heavy atom. The molecule has 0 fully saturated rings. The molecule has 2 rings (SSSR count). The number of allylic oxidation sites excluding steroid dienone is 1. The highest BCUT2D eigenvalue weighted by Gasteiger charge is 2.09. The van der Waals surface area contributed by atoms with Crippen LogP contribution in [0.1, 0.15) is 23.6 Å². The first kappa shape index (κ1) is 16.1. The number of ether oxygens (including phenoxy) is 1. The third-order valence-corrected chi connectivity index (χ3v) is 3.85. The summed E-state index contributed by atoms with van der Waals surface area (Å²) in [5, 5.41) is 19.3. The van der Waals surface area contributed by atoms with E-state index in [0.29, 0.717) is 22.4 Å². The summed E-state index contributed by atoms with van der Waals surface area (Å²) in [6, 6.07) is 13.3. The summed E-state index contributed by atoms with van der Waals surface area (Å²) in [7, 11) is 0. The van der Waals surface area contributed by atoms with E-state index < -0.39 is 0 Å². The van der Waals surface area contributed by atoms with Crippen LogP contribution in [0, 0.1) is 18.3 Å². The minimum absolute atomic E-state index is 0.0692. The molecule has 0 spiro atoms. The topological polar surface area (TPSA) is 53.2 Å². The normalized spacial score (nSPS) is 11.1. The molecule has 0 amide bonds. The Kier molecular flexibility index (Phi) is 5.24. The number of halogens is 1. The lowest BCUT2D eigenvalue weighted by Gasteiger charge is -2.09. The Morgan fingerprint density at radius 1 is 1.32 bits per heavy atom. The van der Waals surface area contributed by atoms with Crippen LogP contribution < -0.4 is 4.74 Å².